The highest BCUT2D eigenvalue weighted by molar-refractivity contribution is 7.79. The molecule has 0 saturated heterocycles. The molecule has 0 fully saturated rings. The summed E-state index contributed by atoms with van der Waals surface area (Å²) in [5.74, 6) is 0.663. The first-order chi connectivity index (χ1) is 10.6. The van der Waals surface area contributed by atoms with Crippen LogP contribution in [0, 0.1) is 6.92 Å². The van der Waals surface area contributed by atoms with Crippen LogP contribution in [0.25, 0.3) is 22.4 Å². The van der Waals surface area contributed by atoms with E-state index in [1.54, 1.807) is 18.2 Å². The zero-order valence-electron chi connectivity index (χ0n) is 11.8. The Morgan fingerprint density at radius 1 is 1.14 bits per heavy atom. The van der Waals surface area contributed by atoms with Gasteiger partial charge in [0.25, 0.3) is 0 Å². The predicted molar refractivity (Wildman–Crippen MR) is 85.6 cm³/mol. The summed E-state index contributed by atoms with van der Waals surface area (Å²) in [7, 11) is 0. The van der Waals surface area contributed by atoms with Crippen LogP contribution in [0.4, 0.5) is 5.69 Å². The van der Waals surface area contributed by atoms with Crippen molar-refractivity contribution in [3.05, 3.63) is 54.3 Å². The molecule has 0 amide bonds. The van der Waals surface area contributed by atoms with E-state index in [1.165, 1.54) is 0 Å². The van der Waals surface area contributed by atoms with Crippen LogP contribution >= 0.6 is 0 Å². The Hall–Kier alpha value is -2.44. The van der Waals surface area contributed by atoms with Gasteiger partial charge >= 0.3 is 0 Å². The monoisotopic (exact) mass is 314 g/mol. The second-order valence-corrected chi connectivity index (χ2v) is 5.77. The topological polar surface area (TPSA) is 89.3 Å². The molecule has 2 aromatic carbocycles. The molecule has 0 aliphatic heterocycles. The second-order valence-electron chi connectivity index (χ2n) is 4.83. The smallest absolute Gasteiger partial charge is 0.188 e. The van der Waals surface area contributed by atoms with Crippen molar-refractivity contribution in [1.82, 2.24) is 5.16 Å². The van der Waals surface area contributed by atoms with E-state index in [4.69, 9.17) is 10.3 Å². The van der Waals surface area contributed by atoms with Crippen molar-refractivity contribution in [3.8, 4) is 22.4 Å². The van der Waals surface area contributed by atoms with E-state index in [2.05, 4.69) is 5.16 Å². The average molecular weight is 314 g/mol. The van der Waals surface area contributed by atoms with Crippen LogP contribution < -0.4 is 5.73 Å². The van der Waals surface area contributed by atoms with Crippen LogP contribution in [0.3, 0.4) is 0 Å². The van der Waals surface area contributed by atoms with Crippen LogP contribution in [-0.4, -0.2) is 13.9 Å². The molecule has 1 aromatic heterocycles. The van der Waals surface area contributed by atoms with E-state index in [9.17, 15) is 8.76 Å². The van der Waals surface area contributed by atoms with Gasteiger partial charge in [0.2, 0.25) is 0 Å². The zero-order valence-corrected chi connectivity index (χ0v) is 12.6. The molecule has 5 nitrogen and oxygen atoms in total. The van der Waals surface area contributed by atoms with Gasteiger partial charge in [-0.05, 0) is 24.6 Å². The van der Waals surface area contributed by atoms with Gasteiger partial charge in [-0.3, -0.25) is 0 Å². The van der Waals surface area contributed by atoms with Crippen molar-refractivity contribution in [2.75, 3.05) is 5.73 Å². The maximum absolute atomic E-state index is 11.2. The van der Waals surface area contributed by atoms with Gasteiger partial charge in [0.05, 0.1) is 16.1 Å². The average Bonchev–Trinajstić information content (AvgIpc) is 2.89. The number of benzene rings is 2. The standard InChI is InChI=1S/C16H14N2O3S/c1-10-15(12-7-8-14(22(19)20)13(17)9-12)16(18-21-10)11-5-3-2-4-6-11/h2-9H,17H2,1H3,(H,19,20). The fourth-order valence-corrected chi connectivity index (χ4v) is 2.81. The number of hydrogen-bond acceptors (Lipinski definition) is 4. The molecule has 1 unspecified atom stereocenters. The van der Waals surface area contributed by atoms with Gasteiger partial charge in [0.15, 0.2) is 11.1 Å². The predicted octanol–water partition coefficient (Wildman–Crippen LogP) is 3.48. The third kappa shape index (κ3) is 2.54. The van der Waals surface area contributed by atoms with Crippen molar-refractivity contribution in [1.29, 1.82) is 0 Å². The summed E-state index contributed by atoms with van der Waals surface area (Å²) in [6.07, 6.45) is 0. The number of nitrogen functional groups attached to an aromatic ring is 1. The van der Waals surface area contributed by atoms with Crippen molar-refractivity contribution in [2.45, 2.75) is 11.8 Å². The summed E-state index contributed by atoms with van der Waals surface area (Å²) >= 11 is -2.11. The molecule has 3 aromatic rings. The van der Waals surface area contributed by atoms with Crippen molar-refractivity contribution in [3.63, 3.8) is 0 Å². The van der Waals surface area contributed by atoms with Crippen LogP contribution in [0.1, 0.15) is 5.76 Å². The Balaban J connectivity index is 2.15. The molecule has 1 atom stereocenters. The number of nitrogens with two attached hydrogens (primary N) is 1. The van der Waals surface area contributed by atoms with Crippen molar-refractivity contribution >= 4 is 16.8 Å². The number of anilines is 1. The summed E-state index contributed by atoms with van der Waals surface area (Å²) in [6, 6.07) is 14.6. The van der Waals surface area contributed by atoms with Gasteiger partial charge in [0.1, 0.15) is 11.5 Å². The summed E-state index contributed by atoms with van der Waals surface area (Å²) < 4.78 is 25.7. The highest BCUT2D eigenvalue weighted by Crippen LogP contribution is 2.35. The summed E-state index contributed by atoms with van der Waals surface area (Å²) in [6.45, 7) is 1.82. The van der Waals surface area contributed by atoms with Gasteiger partial charge in [-0.2, -0.15) is 0 Å². The first-order valence-electron chi connectivity index (χ1n) is 6.60. The third-order valence-corrected chi connectivity index (χ3v) is 4.14. The Morgan fingerprint density at radius 3 is 2.50 bits per heavy atom. The van der Waals surface area contributed by atoms with Gasteiger partial charge in [-0.15, -0.1) is 0 Å². The Kier molecular flexibility index (Phi) is 3.79. The lowest BCUT2D eigenvalue weighted by Gasteiger charge is -2.06. The largest absolute Gasteiger partial charge is 0.398 e. The van der Waals surface area contributed by atoms with E-state index in [0.29, 0.717) is 5.76 Å². The Bertz CT molecular complexity index is 844. The number of rotatable bonds is 3. The fraction of sp³-hybridized carbons (Fsp3) is 0.0625. The molecule has 0 spiro atoms. The molecule has 0 radical (unpaired) electrons. The molecule has 22 heavy (non-hydrogen) atoms. The minimum atomic E-state index is -2.11. The molecular weight excluding hydrogens is 300 g/mol. The van der Waals surface area contributed by atoms with E-state index in [0.717, 1.165) is 22.4 Å². The molecule has 3 N–H and O–H groups in total. The minimum Gasteiger partial charge on any atom is -0.398 e. The van der Waals surface area contributed by atoms with Crippen LogP contribution in [0.15, 0.2) is 57.9 Å². The number of hydrogen-bond donors (Lipinski definition) is 2. The lowest BCUT2D eigenvalue weighted by Crippen LogP contribution is -1.97. The summed E-state index contributed by atoms with van der Waals surface area (Å²) in [5.41, 5.74) is 9.40. The zero-order chi connectivity index (χ0) is 15.7. The molecule has 0 aliphatic rings. The maximum atomic E-state index is 11.2. The number of aryl methyl sites for hydroxylation is 1. The van der Waals surface area contributed by atoms with E-state index in [1.807, 2.05) is 37.3 Å². The lowest BCUT2D eigenvalue weighted by atomic mass is 9.99. The number of aromatic nitrogens is 1. The molecule has 1 heterocycles. The fourth-order valence-electron chi connectivity index (χ4n) is 2.37. The molecule has 0 saturated carbocycles. The van der Waals surface area contributed by atoms with Gasteiger partial charge in [-0.1, -0.05) is 41.6 Å². The second kappa shape index (κ2) is 5.75. The molecule has 6 heteroatoms. The van der Waals surface area contributed by atoms with Crippen molar-refractivity contribution in [2.24, 2.45) is 0 Å². The first-order valence-corrected chi connectivity index (χ1v) is 7.71. The van der Waals surface area contributed by atoms with E-state index < -0.39 is 11.1 Å². The van der Waals surface area contributed by atoms with Gasteiger partial charge in [-0.25, -0.2) is 4.21 Å². The van der Waals surface area contributed by atoms with Crippen molar-refractivity contribution < 1.29 is 13.3 Å². The van der Waals surface area contributed by atoms with E-state index in [-0.39, 0.29) is 10.6 Å². The minimum absolute atomic E-state index is 0.194. The first kappa shape index (κ1) is 14.5. The lowest BCUT2D eigenvalue weighted by molar-refractivity contribution is 0.400. The molecule has 3 rings (SSSR count). The van der Waals surface area contributed by atoms with Crippen LogP contribution in [0.2, 0.25) is 0 Å². The highest BCUT2D eigenvalue weighted by atomic mass is 32.2. The Labute approximate surface area is 130 Å². The van der Waals surface area contributed by atoms with Gasteiger partial charge in [0, 0.05) is 5.56 Å². The van der Waals surface area contributed by atoms with E-state index >= 15 is 0 Å². The summed E-state index contributed by atoms with van der Waals surface area (Å²) in [4.78, 5) is 0.194. The highest BCUT2D eigenvalue weighted by Gasteiger charge is 2.17. The molecule has 0 aliphatic carbocycles. The SMILES string of the molecule is Cc1onc(-c2ccccc2)c1-c1ccc(S(=O)O)c(N)c1. The molecule has 112 valence electrons. The number of nitrogens with zero attached hydrogens (tertiary/aromatic N) is 1. The van der Waals surface area contributed by atoms with Crippen LogP contribution in [0.5, 0.6) is 0 Å². The Morgan fingerprint density at radius 2 is 1.86 bits per heavy atom. The molecule has 0 bridgehead atoms. The van der Waals surface area contributed by atoms with Crippen LogP contribution in [-0.2, 0) is 11.1 Å². The summed E-state index contributed by atoms with van der Waals surface area (Å²) in [5, 5.41) is 4.12. The quantitative estimate of drug-likeness (QED) is 0.570. The molecular formula is C16H14N2O3S. The van der Waals surface area contributed by atoms with Gasteiger partial charge < -0.3 is 14.8 Å². The normalized spacial score (nSPS) is 12.3. The third-order valence-electron chi connectivity index (χ3n) is 3.40. The maximum Gasteiger partial charge on any atom is 0.188 e.